The summed E-state index contributed by atoms with van der Waals surface area (Å²) < 4.78 is 0.884. The largest absolute Gasteiger partial charge is 0.508 e. The molecular formula is C16H16BrNO3. The van der Waals surface area contributed by atoms with E-state index in [1.807, 2.05) is 19.1 Å². The molecule has 2 rings (SSSR count). The Hall–Kier alpha value is -2.01. The highest BCUT2D eigenvalue weighted by atomic mass is 79.9. The lowest BCUT2D eigenvalue weighted by molar-refractivity contribution is 0.0697. The number of benzene rings is 2. The number of phenols is 1. The molecule has 0 aliphatic heterocycles. The Morgan fingerprint density at radius 2 is 2.05 bits per heavy atom. The molecule has 5 heteroatoms. The molecule has 0 aliphatic rings. The topological polar surface area (TPSA) is 69.6 Å². The van der Waals surface area contributed by atoms with Gasteiger partial charge in [0.15, 0.2) is 0 Å². The average molecular weight is 350 g/mol. The van der Waals surface area contributed by atoms with E-state index in [0.29, 0.717) is 5.69 Å². The number of aromatic hydroxyl groups is 1. The van der Waals surface area contributed by atoms with Crippen LogP contribution in [0.5, 0.6) is 5.75 Å². The number of aromatic carboxylic acids is 1. The predicted octanol–water partition coefficient (Wildman–Crippen LogP) is 4.42. The van der Waals surface area contributed by atoms with Gasteiger partial charge in [-0.05, 0) is 42.8 Å². The molecule has 110 valence electrons. The van der Waals surface area contributed by atoms with Crippen molar-refractivity contribution in [1.82, 2.24) is 0 Å². The fourth-order valence-electron chi connectivity index (χ4n) is 2.15. The number of hydrogen-bond acceptors (Lipinski definition) is 3. The maximum absolute atomic E-state index is 11.0. The second kappa shape index (κ2) is 6.63. The van der Waals surface area contributed by atoms with E-state index < -0.39 is 5.97 Å². The van der Waals surface area contributed by atoms with E-state index in [-0.39, 0.29) is 17.4 Å². The minimum atomic E-state index is -0.961. The van der Waals surface area contributed by atoms with E-state index in [9.17, 15) is 9.90 Å². The van der Waals surface area contributed by atoms with Crippen LogP contribution in [0.1, 0.15) is 35.3 Å². The molecular weight excluding hydrogens is 334 g/mol. The lowest BCUT2D eigenvalue weighted by Crippen LogP contribution is -2.10. The summed E-state index contributed by atoms with van der Waals surface area (Å²) in [7, 11) is 0. The molecule has 2 aromatic rings. The van der Waals surface area contributed by atoms with Crippen LogP contribution in [-0.2, 0) is 0 Å². The second-order valence-corrected chi connectivity index (χ2v) is 5.61. The van der Waals surface area contributed by atoms with E-state index in [0.717, 1.165) is 16.5 Å². The number of carbonyl (C=O) groups is 1. The van der Waals surface area contributed by atoms with Gasteiger partial charge in [0.25, 0.3) is 0 Å². The van der Waals surface area contributed by atoms with Crippen molar-refractivity contribution in [3.8, 4) is 5.75 Å². The molecule has 1 unspecified atom stereocenters. The van der Waals surface area contributed by atoms with Gasteiger partial charge < -0.3 is 15.5 Å². The number of halogens is 1. The molecule has 3 N–H and O–H groups in total. The molecule has 0 radical (unpaired) electrons. The van der Waals surface area contributed by atoms with Gasteiger partial charge in [0.1, 0.15) is 5.75 Å². The van der Waals surface area contributed by atoms with E-state index in [1.54, 1.807) is 30.3 Å². The van der Waals surface area contributed by atoms with Crippen molar-refractivity contribution >= 4 is 27.6 Å². The number of phenolic OH excluding ortho intramolecular Hbond substituents is 1. The maximum Gasteiger partial charge on any atom is 0.335 e. The first kappa shape index (κ1) is 15.4. The Balaban J connectivity index is 2.29. The zero-order valence-corrected chi connectivity index (χ0v) is 13.1. The molecule has 0 aromatic heterocycles. The molecule has 21 heavy (non-hydrogen) atoms. The van der Waals surface area contributed by atoms with Gasteiger partial charge >= 0.3 is 5.97 Å². The zero-order valence-electron chi connectivity index (χ0n) is 11.5. The fourth-order valence-corrected chi connectivity index (χ4v) is 2.53. The summed E-state index contributed by atoms with van der Waals surface area (Å²) in [5.41, 5.74) is 1.71. The zero-order chi connectivity index (χ0) is 15.4. The minimum absolute atomic E-state index is 0.105. The molecule has 0 heterocycles. The van der Waals surface area contributed by atoms with Gasteiger partial charge in [-0.3, -0.25) is 0 Å². The highest BCUT2D eigenvalue weighted by Crippen LogP contribution is 2.31. The molecule has 1 atom stereocenters. The van der Waals surface area contributed by atoms with E-state index in [4.69, 9.17) is 5.11 Å². The maximum atomic E-state index is 11.0. The van der Waals surface area contributed by atoms with Crippen LogP contribution in [0.2, 0.25) is 0 Å². The molecule has 0 bridgehead atoms. The van der Waals surface area contributed by atoms with Crippen LogP contribution in [0, 0.1) is 0 Å². The van der Waals surface area contributed by atoms with Crippen LogP contribution >= 0.6 is 15.9 Å². The van der Waals surface area contributed by atoms with E-state index in [1.165, 1.54) is 0 Å². The number of carboxylic acids is 1. The lowest BCUT2D eigenvalue weighted by atomic mass is 10.0. The van der Waals surface area contributed by atoms with Gasteiger partial charge in [0, 0.05) is 15.7 Å². The van der Waals surface area contributed by atoms with Crippen LogP contribution in [0.15, 0.2) is 46.9 Å². The Kier molecular flexibility index (Phi) is 4.85. The summed E-state index contributed by atoms with van der Waals surface area (Å²) >= 11 is 3.39. The van der Waals surface area contributed by atoms with E-state index >= 15 is 0 Å². The number of hydrogen-bond donors (Lipinski definition) is 3. The Labute approximate surface area is 131 Å². The van der Waals surface area contributed by atoms with E-state index in [2.05, 4.69) is 21.2 Å². The Morgan fingerprint density at radius 3 is 2.71 bits per heavy atom. The highest BCUT2D eigenvalue weighted by Gasteiger charge is 2.14. The number of rotatable bonds is 5. The lowest BCUT2D eigenvalue weighted by Gasteiger charge is -2.20. The third-order valence-corrected chi connectivity index (χ3v) is 3.72. The quantitative estimate of drug-likeness (QED) is 0.747. The highest BCUT2D eigenvalue weighted by molar-refractivity contribution is 9.10. The summed E-state index contributed by atoms with van der Waals surface area (Å²) in [4.78, 5) is 11.0. The SMILES string of the molecule is CCC(Nc1cccc(C(=O)O)c1)c1cc(Br)ccc1O. The van der Waals surface area contributed by atoms with Gasteiger partial charge in [-0.15, -0.1) is 0 Å². The van der Waals surface area contributed by atoms with Gasteiger partial charge in [-0.1, -0.05) is 28.9 Å². The number of carboxylic acid groups (broad SMARTS) is 1. The van der Waals surface area contributed by atoms with Crippen LogP contribution in [-0.4, -0.2) is 16.2 Å². The summed E-state index contributed by atoms with van der Waals surface area (Å²) in [5, 5.41) is 22.3. The molecule has 0 spiro atoms. The molecule has 0 saturated carbocycles. The normalized spacial score (nSPS) is 11.9. The van der Waals surface area contributed by atoms with Crippen LogP contribution in [0.3, 0.4) is 0 Å². The van der Waals surface area contributed by atoms with Crippen molar-refractivity contribution in [1.29, 1.82) is 0 Å². The molecule has 0 fully saturated rings. The number of anilines is 1. The summed E-state index contributed by atoms with van der Waals surface area (Å²) in [6.07, 6.45) is 0.751. The minimum Gasteiger partial charge on any atom is -0.508 e. The Bertz CT molecular complexity index is 658. The summed E-state index contributed by atoms with van der Waals surface area (Å²) in [5.74, 6) is -0.746. The van der Waals surface area contributed by atoms with Crippen LogP contribution < -0.4 is 5.32 Å². The van der Waals surface area contributed by atoms with Gasteiger partial charge in [0.2, 0.25) is 0 Å². The van der Waals surface area contributed by atoms with Crippen molar-refractivity contribution in [2.75, 3.05) is 5.32 Å². The average Bonchev–Trinajstić information content (AvgIpc) is 2.47. The van der Waals surface area contributed by atoms with Gasteiger partial charge in [0.05, 0.1) is 11.6 Å². The summed E-state index contributed by atoms with van der Waals surface area (Å²) in [6.45, 7) is 2.00. The second-order valence-electron chi connectivity index (χ2n) is 4.69. The van der Waals surface area contributed by atoms with Crippen LogP contribution in [0.25, 0.3) is 0 Å². The van der Waals surface area contributed by atoms with Crippen molar-refractivity contribution in [2.24, 2.45) is 0 Å². The first-order valence-electron chi connectivity index (χ1n) is 6.59. The molecule has 0 aliphatic carbocycles. The molecule has 4 nitrogen and oxygen atoms in total. The third-order valence-electron chi connectivity index (χ3n) is 3.22. The smallest absolute Gasteiger partial charge is 0.335 e. The monoisotopic (exact) mass is 349 g/mol. The predicted molar refractivity (Wildman–Crippen MR) is 85.9 cm³/mol. The first-order valence-corrected chi connectivity index (χ1v) is 7.39. The van der Waals surface area contributed by atoms with Gasteiger partial charge in [-0.25, -0.2) is 4.79 Å². The Morgan fingerprint density at radius 1 is 1.29 bits per heavy atom. The van der Waals surface area contributed by atoms with Crippen molar-refractivity contribution in [3.63, 3.8) is 0 Å². The van der Waals surface area contributed by atoms with Crippen molar-refractivity contribution < 1.29 is 15.0 Å². The van der Waals surface area contributed by atoms with Crippen molar-refractivity contribution in [2.45, 2.75) is 19.4 Å². The first-order chi connectivity index (χ1) is 10.0. The van der Waals surface area contributed by atoms with Crippen LogP contribution in [0.4, 0.5) is 5.69 Å². The summed E-state index contributed by atoms with van der Waals surface area (Å²) in [6, 6.07) is 11.8. The standard InChI is InChI=1S/C16H16BrNO3/c1-2-14(13-9-11(17)6-7-15(13)19)18-12-5-3-4-10(8-12)16(20)21/h3-9,14,18-19H,2H2,1H3,(H,20,21). The number of nitrogens with one attached hydrogen (secondary N) is 1. The molecule has 0 saturated heterocycles. The molecule has 2 aromatic carbocycles. The van der Waals surface area contributed by atoms with Crippen molar-refractivity contribution in [3.05, 3.63) is 58.1 Å². The molecule has 0 amide bonds. The van der Waals surface area contributed by atoms with Gasteiger partial charge in [-0.2, -0.15) is 0 Å². The fraction of sp³-hybridized carbons (Fsp3) is 0.188. The third kappa shape index (κ3) is 3.76.